The van der Waals surface area contributed by atoms with E-state index in [4.69, 9.17) is 21.1 Å². The third-order valence-corrected chi connectivity index (χ3v) is 16.8. The molecular weight excluding hydrogens is 1190 g/mol. The number of fused-ring (bicyclic) bond motifs is 4. The van der Waals surface area contributed by atoms with Gasteiger partial charge in [-0.1, -0.05) is 17.7 Å². The number of aryl methyl sites for hydroxylation is 2. The molecule has 4 aliphatic heterocycles. The average Bonchev–Trinajstić information content (AvgIpc) is 1.18. The highest BCUT2D eigenvalue weighted by Gasteiger charge is 2.55. The molecule has 448 valence electrons. The molecule has 35 heteroatoms. The number of oxime groups is 2. The maximum atomic E-state index is 13.2. The number of aliphatic carboxylic acids is 2. The van der Waals surface area contributed by atoms with Gasteiger partial charge in [0.05, 0.1) is 35.7 Å². The molecule has 8 N–H and O–H groups in total. The van der Waals surface area contributed by atoms with Crippen LogP contribution in [0.1, 0.15) is 45.8 Å². The predicted molar refractivity (Wildman–Crippen MR) is 310 cm³/mol. The first kappa shape index (κ1) is 63.7. The molecule has 2 fully saturated rings. The van der Waals surface area contributed by atoms with E-state index < -0.39 is 58.4 Å². The highest BCUT2D eigenvalue weighted by atomic mass is 35.5. The number of nitrogens with zero attached hydrogens (tertiary/aromatic N) is 14. The van der Waals surface area contributed by atoms with Crippen molar-refractivity contribution in [1.82, 2.24) is 68.9 Å². The zero-order valence-corrected chi connectivity index (χ0v) is 49.0. The summed E-state index contributed by atoms with van der Waals surface area (Å²) in [4.78, 5) is 106. The fraction of sp³-hybridized carbons (Fsp3) is 0.429. The Morgan fingerprint density at radius 1 is 0.702 bits per heavy atom. The van der Waals surface area contributed by atoms with E-state index in [1.165, 1.54) is 33.3 Å². The van der Waals surface area contributed by atoms with E-state index in [9.17, 15) is 39.0 Å². The molecule has 4 atom stereocenters. The number of anilines is 2. The number of β-lactam (4-membered cyclic amide) rings is 2. The predicted octanol–water partition coefficient (Wildman–Crippen LogP) is -2.52. The highest BCUT2D eigenvalue weighted by molar-refractivity contribution is 8.00. The highest BCUT2D eigenvalue weighted by Crippen LogP contribution is 2.41. The molecule has 4 aliphatic rings. The molecule has 0 aromatic carbocycles. The van der Waals surface area contributed by atoms with Gasteiger partial charge in [-0.2, -0.15) is 18.7 Å². The van der Waals surface area contributed by atoms with Crippen molar-refractivity contribution < 1.29 is 57.8 Å². The lowest BCUT2D eigenvalue weighted by atomic mass is 10.0. The maximum absolute atomic E-state index is 13.2. The van der Waals surface area contributed by atoms with Gasteiger partial charge < -0.3 is 71.3 Å². The van der Waals surface area contributed by atoms with Crippen molar-refractivity contribution >= 4 is 139 Å². The lowest BCUT2D eigenvalue weighted by molar-refractivity contribution is -0.665. The van der Waals surface area contributed by atoms with Gasteiger partial charge in [0, 0.05) is 58.8 Å². The average molecular weight is 1250 g/mol. The number of pyridine rings is 2. The maximum Gasteiger partial charge on any atom is 0.349 e. The van der Waals surface area contributed by atoms with Gasteiger partial charge in [0.1, 0.15) is 60.2 Å². The van der Waals surface area contributed by atoms with Crippen LogP contribution in [0, 0.1) is 0 Å². The van der Waals surface area contributed by atoms with E-state index >= 15 is 0 Å². The van der Waals surface area contributed by atoms with Crippen LogP contribution in [0.3, 0.4) is 0 Å². The molecule has 0 bridgehead atoms. The Balaban J connectivity index is 0.000000235. The fourth-order valence-electron chi connectivity index (χ4n) is 9.33. The number of aromatic nitrogens is 10. The van der Waals surface area contributed by atoms with E-state index in [1.807, 2.05) is 69.0 Å². The van der Waals surface area contributed by atoms with E-state index in [0.717, 1.165) is 73.1 Å². The number of carbonyl (C=O) groups excluding carboxylic acids is 6. The molecule has 0 saturated carbocycles. The molecule has 0 radical (unpaired) electrons. The zero-order valence-electron chi connectivity index (χ0n) is 45.0. The van der Waals surface area contributed by atoms with Crippen LogP contribution in [-0.2, 0) is 64.6 Å². The topological polar surface area (TPSA) is 393 Å². The summed E-state index contributed by atoms with van der Waals surface area (Å²) in [5, 5.41) is 42.6. The summed E-state index contributed by atoms with van der Waals surface area (Å²) in [6, 6.07) is 5.70. The Hall–Kier alpha value is -7.89. The summed E-state index contributed by atoms with van der Waals surface area (Å²) in [5.74, 6) is -5.03. The van der Waals surface area contributed by atoms with E-state index in [1.54, 1.807) is 26.5 Å². The van der Waals surface area contributed by atoms with Crippen LogP contribution in [0.15, 0.2) is 82.2 Å². The molecule has 0 aliphatic carbocycles. The first-order chi connectivity index (χ1) is 39.7. The second-order valence-corrected chi connectivity index (χ2v) is 22.1. The van der Waals surface area contributed by atoms with E-state index in [2.05, 4.69) is 60.3 Å². The van der Waals surface area contributed by atoms with Crippen molar-refractivity contribution in [2.75, 3.05) is 63.4 Å². The number of carboxylic acids is 2. The molecule has 10 heterocycles. The second kappa shape index (κ2) is 28.6. The standard InChI is InChI=1S/2C24H28N10O5S2.CH4.ClH/c2*1-3-39-30-15(18-29-24(25)41-31-18)20(35)28-16-21(36)34-17(23(37)38)13(11-40-22(16)34)10-32-8-4-6-14-19(32)27-12-33(14)9-5-7-26-2;;/h2*4,6,8,12,16,22,26H,3,5,7,9-11H2,1-2H3,(H3-,25,28,29,31,35,37,38);1H4;1H/b2*30-15-;;. The molecule has 6 aromatic heterocycles. The number of carbonyl (C=O) groups is 6. The lowest BCUT2D eigenvalue weighted by Crippen LogP contribution is -2.71. The lowest BCUT2D eigenvalue weighted by Gasteiger charge is -2.50. The van der Waals surface area contributed by atoms with Crippen molar-refractivity contribution in [3.8, 4) is 0 Å². The Morgan fingerprint density at radius 2 is 1.11 bits per heavy atom. The second-order valence-electron chi connectivity index (χ2n) is 18.3. The van der Waals surface area contributed by atoms with Gasteiger partial charge in [-0.05, 0) is 88.1 Å². The molecule has 10 rings (SSSR count). The smallest absolute Gasteiger partial charge is 0.349 e. The van der Waals surface area contributed by atoms with Crippen LogP contribution >= 0.6 is 59.0 Å². The third-order valence-electron chi connectivity index (χ3n) is 13.0. The fourth-order valence-corrected chi connectivity index (χ4v) is 12.9. The number of nitrogen functional groups attached to an aromatic ring is 2. The van der Waals surface area contributed by atoms with Gasteiger partial charge in [0.15, 0.2) is 10.3 Å². The van der Waals surface area contributed by atoms with E-state index in [-0.39, 0.29) is 90.9 Å². The normalized spacial score (nSPS) is 18.4. The SMILES string of the molecule is C.CCO/N=C(\C(=O)NC1C(=O)N2C(C(=O)[O-])=C(C[n+]3cccc4c3ncn4CCCNC)CSC12)c1nsc(N)n1.CCO/N=C(\C(=O)NC1C(=O)N2C(C(=O)[O-])=C(C[n+]3cccc4c3ncn4CCCNC)CSC12)c1nsc(N)n1.Cl. The summed E-state index contributed by atoms with van der Waals surface area (Å²) < 4.78 is 15.8. The van der Waals surface area contributed by atoms with E-state index in [0.29, 0.717) is 33.9 Å². The number of amides is 4. The molecule has 4 unspecified atom stereocenters. The minimum Gasteiger partial charge on any atom is -0.543 e. The summed E-state index contributed by atoms with van der Waals surface area (Å²) in [6.45, 7) is 7.47. The van der Waals surface area contributed by atoms with Gasteiger partial charge in [0.25, 0.3) is 23.6 Å². The Morgan fingerprint density at radius 3 is 1.45 bits per heavy atom. The molecule has 0 spiro atoms. The molecule has 2 saturated heterocycles. The van der Waals surface area contributed by atoms with Crippen LogP contribution in [0.25, 0.3) is 22.3 Å². The number of halogens is 1. The first-order valence-corrected chi connectivity index (χ1v) is 29.2. The number of imidazole rings is 2. The quantitative estimate of drug-likeness (QED) is 0.0120. The number of hydrogen-bond donors (Lipinski definition) is 6. The number of carboxylic acid groups (broad SMARTS) is 2. The number of nitrogens with one attached hydrogen (secondary N) is 4. The summed E-state index contributed by atoms with van der Waals surface area (Å²) >= 11 is 4.46. The Labute approximate surface area is 502 Å². The number of hydrogen-bond acceptors (Lipinski definition) is 26. The Kier molecular flexibility index (Phi) is 21.7. The minimum atomic E-state index is -1.46. The van der Waals surface area contributed by atoms with Crippen LogP contribution < -0.4 is 52.1 Å². The van der Waals surface area contributed by atoms with Gasteiger partial charge >= 0.3 is 11.3 Å². The molecule has 4 amide bonds. The third kappa shape index (κ3) is 13.4. The molecule has 84 heavy (non-hydrogen) atoms. The van der Waals surface area contributed by atoms with Crippen molar-refractivity contribution in [2.24, 2.45) is 10.3 Å². The van der Waals surface area contributed by atoms with Gasteiger partial charge in [0.2, 0.25) is 35.7 Å². The summed E-state index contributed by atoms with van der Waals surface area (Å²) in [6.07, 6.45) is 9.03. The minimum absolute atomic E-state index is 0. The molecule has 30 nitrogen and oxygen atoms in total. The van der Waals surface area contributed by atoms with Crippen LogP contribution in [0.5, 0.6) is 0 Å². The molecule has 6 aromatic rings. The molecular formula is C49H61ClN20O10S4. The number of thioether (sulfide) groups is 2. The van der Waals surface area contributed by atoms with Crippen LogP contribution in [-0.4, -0.2) is 169 Å². The van der Waals surface area contributed by atoms with Gasteiger partial charge in [-0.3, -0.25) is 29.0 Å². The van der Waals surface area contributed by atoms with Gasteiger partial charge in [-0.25, -0.2) is 9.13 Å². The summed E-state index contributed by atoms with van der Waals surface area (Å²) in [5.41, 5.74) is 14.7. The monoisotopic (exact) mass is 1250 g/mol. The van der Waals surface area contributed by atoms with Crippen molar-refractivity contribution in [2.45, 2.75) is 83.1 Å². The number of nitrogens with two attached hydrogens (primary N) is 2. The van der Waals surface area contributed by atoms with Crippen LogP contribution in [0.4, 0.5) is 10.3 Å². The largest absolute Gasteiger partial charge is 0.543 e. The number of rotatable bonds is 24. The zero-order chi connectivity index (χ0) is 58.2. The first-order valence-electron chi connectivity index (χ1n) is 25.6. The van der Waals surface area contributed by atoms with Crippen molar-refractivity contribution in [3.05, 3.63) is 83.5 Å². The van der Waals surface area contributed by atoms with Gasteiger partial charge in [-0.15, -0.1) is 35.9 Å². The Bertz CT molecular complexity index is 3340. The van der Waals surface area contributed by atoms with Crippen molar-refractivity contribution in [3.63, 3.8) is 0 Å². The van der Waals surface area contributed by atoms with Crippen molar-refractivity contribution in [1.29, 1.82) is 0 Å². The summed E-state index contributed by atoms with van der Waals surface area (Å²) in [7, 11) is 3.80. The van der Waals surface area contributed by atoms with Crippen LogP contribution in [0.2, 0.25) is 0 Å².